The summed E-state index contributed by atoms with van der Waals surface area (Å²) in [4.78, 5) is 10.5. The second kappa shape index (κ2) is 7.26. The Morgan fingerprint density at radius 3 is 2.94 bits per heavy atom. The lowest BCUT2D eigenvalue weighted by atomic mass is 10.1. The van der Waals surface area contributed by atoms with E-state index in [9.17, 15) is 4.79 Å². The topological polar surface area (TPSA) is 49.3 Å². The summed E-state index contributed by atoms with van der Waals surface area (Å²) in [5, 5.41) is 11.6. The zero-order valence-electron chi connectivity index (χ0n) is 9.73. The van der Waals surface area contributed by atoms with Crippen LogP contribution in [0.4, 0.5) is 0 Å². The highest BCUT2D eigenvalue weighted by Gasteiger charge is 1.95. The van der Waals surface area contributed by atoms with Crippen LogP contribution in [0.3, 0.4) is 0 Å². The monoisotopic (exact) mass is 229 g/mol. The Hall–Kier alpha value is -2.05. The first-order valence-electron chi connectivity index (χ1n) is 5.37. The normalized spacial score (nSPS) is 9.94. The van der Waals surface area contributed by atoms with Gasteiger partial charge < -0.3 is 10.4 Å². The molecule has 0 spiro atoms. The van der Waals surface area contributed by atoms with Gasteiger partial charge in [0.15, 0.2) is 0 Å². The number of hydrogen-bond donors (Lipinski definition) is 2. The van der Waals surface area contributed by atoms with Gasteiger partial charge in [-0.15, -0.1) is 0 Å². The molecule has 0 fully saturated rings. The molecule has 1 rings (SSSR count). The molecule has 3 nitrogen and oxygen atoms in total. The van der Waals surface area contributed by atoms with Gasteiger partial charge in [-0.05, 0) is 24.8 Å². The van der Waals surface area contributed by atoms with Crippen LogP contribution in [0.5, 0.6) is 0 Å². The molecular formula is C14H15NO2. The summed E-state index contributed by atoms with van der Waals surface area (Å²) in [5.41, 5.74) is 1.67. The molecule has 0 aliphatic carbocycles. The highest BCUT2D eigenvalue weighted by Crippen LogP contribution is 2.09. The molecule has 0 saturated heterocycles. The van der Waals surface area contributed by atoms with Crippen molar-refractivity contribution in [2.75, 3.05) is 13.6 Å². The largest absolute Gasteiger partial charge is 0.478 e. The molecule has 0 heterocycles. The Bertz CT molecular complexity index is 467. The standard InChI is InChI=1S/C14H15NO2/c1-15-11-5-4-8-12-6-2-3-7-13(12)9-10-14(16)17/h2-3,6-7,9-10,15H,5,11H2,1H3,(H,16,17)/b10-9+. The van der Waals surface area contributed by atoms with Crippen LogP contribution in [0, 0.1) is 11.8 Å². The second-order valence-electron chi connectivity index (χ2n) is 3.41. The van der Waals surface area contributed by atoms with Crippen molar-refractivity contribution in [3.05, 3.63) is 41.5 Å². The molecule has 17 heavy (non-hydrogen) atoms. The lowest BCUT2D eigenvalue weighted by Gasteiger charge is -1.97. The van der Waals surface area contributed by atoms with Crippen molar-refractivity contribution in [2.45, 2.75) is 6.42 Å². The van der Waals surface area contributed by atoms with Crippen molar-refractivity contribution in [2.24, 2.45) is 0 Å². The van der Waals surface area contributed by atoms with Gasteiger partial charge in [-0.25, -0.2) is 4.79 Å². The van der Waals surface area contributed by atoms with Crippen LogP contribution in [-0.4, -0.2) is 24.7 Å². The molecular weight excluding hydrogens is 214 g/mol. The maximum absolute atomic E-state index is 10.5. The number of rotatable bonds is 4. The first kappa shape index (κ1) is 13.0. The van der Waals surface area contributed by atoms with Crippen LogP contribution < -0.4 is 5.32 Å². The SMILES string of the molecule is CNCCC#Cc1ccccc1/C=C/C(=O)O. The Labute approximate surface area is 101 Å². The van der Waals surface area contributed by atoms with Gasteiger partial charge in [0.2, 0.25) is 0 Å². The van der Waals surface area contributed by atoms with Gasteiger partial charge in [-0.1, -0.05) is 30.0 Å². The maximum atomic E-state index is 10.5. The zero-order valence-corrected chi connectivity index (χ0v) is 9.73. The van der Waals surface area contributed by atoms with Crippen molar-refractivity contribution in [3.8, 4) is 11.8 Å². The Kier molecular flexibility index (Phi) is 5.56. The van der Waals surface area contributed by atoms with Crippen molar-refractivity contribution >= 4 is 12.0 Å². The van der Waals surface area contributed by atoms with E-state index in [4.69, 9.17) is 5.11 Å². The maximum Gasteiger partial charge on any atom is 0.328 e. The van der Waals surface area contributed by atoms with E-state index in [0.717, 1.165) is 30.2 Å². The van der Waals surface area contributed by atoms with E-state index < -0.39 is 5.97 Å². The van der Waals surface area contributed by atoms with E-state index in [1.54, 1.807) is 6.08 Å². The van der Waals surface area contributed by atoms with E-state index in [-0.39, 0.29) is 0 Å². The van der Waals surface area contributed by atoms with Crippen molar-refractivity contribution < 1.29 is 9.90 Å². The molecule has 0 atom stereocenters. The number of hydrogen-bond acceptors (Lipinski definition) is 2. The summed E-state index contributed by atoms with van der Waals surface area (Å²) in [6.45, 7) is 0.847. The average Bonchev–Trinajstić information content (AvgIpc) is 2.33. The molecule has 0 aliphatic rings. The summed E-state index contributed by atoms with van der Waals surface area (Å²) in [7, 11) is 1.88. The Balaban J connectivity index is 2.83. The molecule has 0 unspecified atom stereocenters. The van der Waals surface area contributed by atoms with Gasteiger partial charge in [-0.3, -0.25) is 0 Å². The molecule has 0 amide bonds. The van der Waals surface area contributed by atoms with Gasteiger partial charge in [0, 0.05) is 24.6 Å². The smallest absolute Gasteiger partial charge is 0.328 e. The number of carboxylic acids is 1. The highest BCUT2D eigenvalue weighted by molar-refractivity contribution is 5.85. The van der Waals surface area contributed by atoms with Gasteiger partial charge in [0.1, 0.15) is 0 Å². The molecule has 1 aromatic carbocycles. The lowest BCUT2D eigenvalue weighted by molar-refractivity contribution is -0.131. The fourth-order valence-electron chi connectivity index (χ4n) is 1.26. The summed E-state index contributed by atoms with van der Waals surface area (Å²) in [5.74, 6) is 5.12. The first-order valence-corrected chi connectivity index (χ1v) is 5.37. The van der Waals surface area contributed by atoms with Crippen LogP contribution in [0.2, 0.25) is 0 Å². The third kappa shape index (κ3) is 5.01. The molecule has 0 bridgehead atoms. The predicted molar refractivity (Wildman–Crippen MR) is 68.5 cm³/mol. The summed E-state index contributed by atoms with van der Waals surface area (Å²) in [6.07, 6.45) is 3.45. The van der Waals surface area contributed by atoms with Crippen LogP contribution in [0.1, 0.15) is 17.5 Å². The Morgan fingerprint density at radius 1 is 1.47 bits per heavy atom. The fraction of sp³-hybridized carbons (Fsp3) is 0.214. The van der Waals surface area contributed by atoms with Gasteiger partial charge in [0.25, 0.3) is 0 Å². The minimum atomic E-state index is -0.956. The molecule has 2 N–H and O–H groups in total. The molecule has 88 valence electrons. The highest BCUT2D eigenvalue weighted by atomic mass is 16.4. The molecule has 3 heteroatoms. The summed E-state index contributed by atoms with van der Waals surface area (Å²) in [6, 6.07) is 7.48. The predicted octanol–water partition coefficient (Wildman–Crippen LogP) is 1.75. The van der Waals surface area contributed by atoms with Crippen LogP contribution in [0.25, 0.3) is 6.08 Å². The number of nitrogens with one attached hydrogen (secondary N) is 1. The van der Waals surface area contributed by atoms with E-state index >= 15 is 0 Å². The minimum absolute atomic E-state index is 0.771. The van der Waals surface area contributed by atoms with Crippen molar-refractivity contribution in [3.63, 3.8) is 0 Å². The third-order valence-corrected chi connectivity index (χ3v) is 2.09. The number of benzene rings is 1. The van der Waals surface area contributed by atoms with E-state index in [0.29, 0.717) is 0 Å². The summed E-state index contributed by atoms with van der Waals surface area (Å²) < 4.78 is 0. The van der Waals surface area contributed by atoms with E-state index in [2.05, 4.69) is 17.2 Å². The fourth-order valence-corrected chi connectivity index (χ4v) is 1.26. The van der Waals surface area contributed by atoms with Crippen LogP contribution in [0.15, 0.2) is 30.3 Å². The molecule has 0 aliphatic heterocycles. The van der Waals surface area contributed by atoms with Crippen molar-refractivity contribution in [1.82, 2.24) is 5.32 Å². The second-order valence-corrected chi connectivity index (χ2v) is 3.41. The lowest BCUT2D eigenvalue weighted by Crippen LogP contribution is -2.05. The minimum Gasteiger partial charge on any atom is -0.478 e. The van der Waals surface area contributed by atoms with Crippen LogP contribution in [-0.2, 0) is 4.79 Å². The zero-order chi connectivity index (χ0) is 12.5. The summed E-state index contributed by atoms with van der Waals surface area (Å²) >= 11 is 0. The molecule has 0 aromatic heterocycles. The molecule has 0 saturated carbocycles. The number of aliphatic carboxylic acids is 1. The van der Waals surface area contributed by atoms with Gasteiger partial charge in [-0.2, -0.15) is 0 Å². The van der Waals surface area contributed by atoms with E-state index in [1.807, 2.05) is 31.3 Å². The number of carbonyl (C=O) groups is 1. The average molecular weight is 229 g/mol. The quantitative estimate of drug-likeness (QED) is 0.470. The molecule has 0 radical (unpaired) electrons. The van der Waals surface area contributed by atoms with Gasteiger partial charge in [0.05, 0.1) is 0 Å². The van der Waals surface area contributed by atoms with Crippen LogP contribution >= 0.6 is 0 Å². The van der Waals surface area contributed by atoms with E-state index in [1.165, 1.54) is 0 Å². The Morgan fingerprint density at radius 2 is 2.24 bits per heavy atom. The third-order valence-electron chi connectivity index (χ3n) is 2.09. The first-order chi connectivity index (χ1) is 8.24. The van der Waals surface area contributed by atoms with Crippen molar-refractivity contribution in [1.29, 1.82) is 0 Å². The molecule has 1 aromatic rings. The number of carboxylic acid groups (broad SMARTS) is 1. The van der Waals surface area contributed by atoms with Gasteiger partial charge >= 0.3 is 5.97 Å².